The van der Waals surface area contributed by atoms with Gasteiger partial charge in [-0.15, -0.1) is 24.0 Å². The van der Waals surface area contributed by atoms with Gasteiger partial charge >= 0.3 is 0 Å². The average molecular weight is 548 g/mol. The molecule has 0 bridgehead atoms. The minimum absolute atomic E-state index is 0. The number of nitro groups is 1. The van der Waals surface area contributed by atoms with Crippen LogP contribution in [0.2, 0.25) is 0 Å². The number of nitrogens with zero attached hydrogens (tertiary/aromatic N) is 5. The van der Waals surface area contributed by atoms with Crippen LogP contribution in [0.15, 0.2) is 76.5 Å². The van der Waals surface area contributed by atoms with E-state index in [0.29, 0.717) is 13.1 Å². The number of hydrogen-bond acceptors (Lipinski definition) is 6. The number of aliphatic imine (C=N–C) groups is 1. The van der Waals surface area contributed by atoms with Gasteiger partial charge in [-0.2, -0.15) is 0 Å². The number of benzene rings is 1. The zero-order valence-electron chi connectivity index (χ0n) is 17.5. The highest BCUT2D eigenvalue weighted by Crippen LogP contribution is 2.15. The van der Waals surface area contributed by atoms with Gasteiger partial charge in [0.2, 0.25) is 0 Å². The lowest BCUT2D eigenvalue weighted by atomic mass is 10.2. The van der Waals surface area contributed by atoms with Gasteiger partial charge in [0.15, 0.2) is 5.96 Å². The highest BCUT2D eigenvalue weighted by Gasteiger charge is 2.20. The molecule has 0 atom stereocenters. The molecule has 0 radical (unpaired) electrons. The van der Waals surface area contributed by atoms with Crippen LogP contribution < -0.4 is 10.2 Å². The van der Waals surface area contributed by atoms with Crippen molar-refractivity contribution in [2.45, 2.75) is 13.1 Å². The van der Waals surface area contributed by atoms with Crippen molar-refractivity contribution < 1.29 is 9.34 Å². The summed E-state index contributed by atoms with van der Waals surface area (Å²) in [6.45, 7) is 4.26. The van der Waals surface area contributed by atoms with Crippen LogP contribution in [0.5, 0.6) is 0 Å². The number of non-ortho nitro benzene ring substituents is 1. The van der Waals surface area contributed by atoms with Gasteiger partial charge in [0.1, 0.15) is 11.6 Å². The van der Waals surface area contributed by atoms with Crippen molar-refractivity contribution in [3.05, 3.63) is 88.5 Å². The van der Waals surface area contributed by atoms with Gasteiger partial charge in [-0.05, 0) is 29.8 Å². The van der Waals surface area contributed by atoms with E-state index in [1.54, 1.807) is 18.4 Å². The number of furan rings is 1. The predicted molar refractivity (Wildman–Crippen MR) is 133 cm³/mol. The molecule has 1 aliphatic heterocycles. The Kier molecular flexibility index (Phi) is 8.42. The van der Waals surface area contributed by atoms with E-state index in [9.17, 15) is 10.1 Å². The Hall–Kier alpha value is -3.15. The van der Waals surface area contributed by atoms with Crippen molar-refractivity contribution >= 4 is 41.4 Å². The number of pyridine rings is 1. The molecule has 168 valence electrons. The summed E-state index contributed by atoms with van der Waals surface area (Å²) in [6.07, 6.45) is 3.46. The zero-order valence-corrected chi connectivity index (χ0v) is 19.8. The minimum atomic E-state index is -0.398. The summed E-state index contributed by atoms with van der Waals surface area (Å²) >= 11 is 0. The summed E-state index contributed by atoms with van der Waals surface area (Å²) in [7, 11) is 0. The van der Waals surface area contributed by atoms with Crippen molar-refractivity contribution in [3.63, 3.8) is 0 Å². The van der Waals surface area contributed by atoms with Crippen molar-refractivity contribution in [1.29, 1.82) is 0 Å². The monoisotopic (exact) mass is 548 g/mol. The Morgan fingerprint density at radius 3 is 2.50 bits per heavy atom. The normalized spacial score (nSPS) is 14.1. The zero-order chi connectivity index (χ0) is 21.5. The molecule has 1 N–H and O–H groups in total. The molecule has 1 fully saturated rings. The van der Waals surface area contributed by atoms with E-state index in [1.807, 2.05) is 36.5 Å². The Bertz CT molecular complexity index is 1000. The van der Waals surface area contributed by atoms with Gasteiger partial charge in [-0.25, -0.2) is 9.98 Å². The van der Waals surface area contributed by atoms with Crippen molar-refractivity contribution in [3.8, 4) is 0 Å². The van der Waals surface area contributed by atoms with Crippen LogP contribution in [-0.4, -0.2) is 46.9 Å². The number of piperazine rings is 1. The molecule has 1 aliphatic rings. The molecule has 9 nitrogen and oxygen atoms in total. The van der Waals surface area contributed by atoms with Crippen LogP contribution in [0.4, 0.5) is 11.5 Å². The van der Waals surface area contributed by atoms with Gasteiger partial charge in [-0.1, -0.05) is 18.2 Å². The lowest BCUT2D eigenvalue weighted by molar-refractivity contribution is -0.384. The number of halogens is 1. The highest BCUT2D eigenvalue weighted by atomic mass is 127. The summed E-state index contributed by atoms with van der Waals surface area (Å²) in [5.41, 5.74) is 0.990. The summed E-state index contributed by atoms with van der Waals surface area (Å²) in [6, 6.07) is 16.2. The smallest absolute Gasteiger partial charge is 0.269 e. The number of rotatable bonds is 6. The number of anilines is 1. The van der Waals surface area contributed by atoms with Crippen molar-refractivity contribution in [2.75, 3.05) is 31.1 Å². The van der Waals surface area contributed by atoms with Gasteiger partial charge < -0.3 is 19.5 Å². The Morgan fingerprint density at radius 2 is 1.88 bits per heavy atom. The summed E-state index contributed by atoms with van der Waals surface area (Å²) in [5, 5.41) is 14.2. The van der Waals surface area contributed by atoms with E-state index in [-0.39, 0.29) is 29.7 Å². The topological polar surface area (TPSA) is 100 Å². The molecule has 3 heterocycles. The van der Waals surface area contributed by atoms with Crippen LogP contribution in [0.1, 0.15) is 11.3 Å². The molecule has 0 saturated carbocycles. The molecule has 32 heavy (non-hydrogen) atoms. The molecule has 1 saturated heterocycles. The first-order valence-corrected chi connectivity index (χ1v) is 10.1. The van der Waals surface area contributed by atoms with Crippen LogP contribution >= 0.6 is 24.0 Å². The first-order chi connectivity index (χ1) is 15.2. The van der Waals surface area contributed by atoms with E-state index in [4.69, 9.17) is 9.41 Å². The standard InChI is InChI=1S/C22H24N6O3.HI/c29-28(30)19-8-6-18(7-9-19)16-24-22(25-17-20-4-3-15-31-20)27-13-11-26(12-14-27)21-5-1-2-10-23-21;/h1-10,15H,11-14,16-17H2,(H,24,25);1H. The first-order valence-electron chi connectivity index (χ1n) is 10.1. The maximum Gasteiger partial charge on any atom is 0.269 e. The van der Waals surface area contributed by atoms with E-state index in [1.165, 1.54) is 12.1 Å². The quantitative estimate of drug-likeness (QED) is 0.165. The number of hydrogen-bond donors (Lipinski definition) is 1. The number of guanidine groups is 1. The molecule has 4 rings (SSSR count). The molecule has 0 unspecified atom stereocenters. The third-order valence-electron chi connectivity index (χ3n) is 5.11. The van der Waals surface area contributed by atoms with Gasteiger partial charge in [-0.3, -0.25) is 10.1 Å². The predicted octanol–water partition coefficient (Wildman–Crippen LogP) is 3.67. The Balaban J connectivity index is 0.00000289. The molecule has 3 aromatic rings. The molecule has 0 spiro atoms. The molecule has 2 aromatic heterocycles. The molecule has 0 amide bonds. The Morgan fingerprint density at radius 1 is 1.09 bits per heavy atom. The van der Waals surface area contributed by atoms with E-state index in [0.717, 1.165) is 49.3 Å². The van der Waals surface area contributed by atoms with E-state index in [2.05, 4.69) is 20.1 Å². The lowest BCUT2D eigenvalue weighted by Crippen LogP contribution is -2.52. The number of nitrogens with one attached hydrogen (secondary N) is 1. The van der Waals surface area contributed by atoms with Crippen molar-refractivity contribution in [1.82, 2.24) is 15.2 Å². The molecular weight excluding hydrogens is 523 g/mol. The first kappa shape index (κ1) is 23.5. The molecule has 10 heteroatoms. The fourth-order valence-corrected chi connectivity index (χ4v) is 3.42. The fraction of sp³-hybridized carbons (Fsp3) is 0.273. The average Bonchev–Trinajstić information content (AvgIpc) is 3.34. The van der Waals surface area contributed by atoms with Crippen LogP contribution in [0.3, 0.4) is 0 Å². The summed E-state index contributed by atoms with van der Waals surface area (Å²) in [4.78, 5) is 24.1. The highest BCUT2D eigenvalue weighted by molar-refractivity contribution is 14.0. The largest absolute Gasteiger partial charge is 0.467 e. The second-order valence-corrected chi connectivity index (χ2v) is 7.16. The summed E-state index contributed by atoms with van der Waals surface area (Å²) < 4.78 is 5.43. The lowest BCUT2D eigenvalue weighted by Gasteiger charge is -2.37. The molecule has 0 aliphatic carbocycles. The third kappa shape index (κ3) is 6.19. The molecule has 1 aromatic carbocycles. The minimum Gasteiger partial charge on any atom is -0.467 e. The number of aromatic nitrogens is 1. The van der Waals surface area contributed by atoms with Crippen LogP contribution in [-0.2, 0) is 13.1 Å². The maximum atomic E-state index is 10.9. The second-order valence-electron chi connectivity index (χ2n) is 7.16. The van der Waals surface area contributed by atoms with E-state index < -0.39 is 4.92 Å². The van der Waals surface area contributed by atoms with Crippen LogP contribution in [0.25, 0.3) is 0 Å². The third-order valence-corrected chi connectivity index (χ3v) is 5.11. The van der Waals surface area contributed by atoms with Gasteiger partial charge in [0.25, 0.3) is 5.69 Å². The van der Waals surface area contributed by atoms with Crippen LogP contribution in [0, 0.1) is 10.1 Å². The fourth-order valence-electron chi connectivity index (χ4n) is 3.42. The maximum absolute atomic E-state index is 10.9. The number of nitro benzene ring substituents is 1. The summed E-state index contributed by atoms with van der Waals surface area (Å²) in [5.74, 6) is 2.60. The van der Waals surface area contributed by atoms with Gasteiger partial charge in [0, 0.05) is 44.5 Å². The Labute approximate surface area is 203 Å². The second kappa shape index (κ2) is 11.5. The molecular formula is C22H25IN6O3. The van der Waals surface area contributed by atoms with Crippen molar-refractivity contribution in [2.24, 2.45) is 4.99 Å². The van der Waals surface area contributed by atoms with Gasteiger partial charge in [0.05, 0.1) is 24.3 Å². The SMILES string of the molecule is I.O=[N+]([O-])c1ccc(CN=C(NCc2ccco2)N2CCN(c3ccccn3)CC2)cc1. The van der Waals surface area contributed by atoms with E-state index >= 15 is 0 Å².